The van der Waals surface area contributed by atoms with Crippen LogP contribution in [0.15, 0.2) is 24.5 Å². The Morgan fingerprint density at radius 2 is 1.93 bits per heavy atom. The highest BCUT2D eigenvalue weighted by Crippen LogP contribution is 2.36. The van der Waals surface area contributed by atoms with E-state index in [1.165, 1.54) is 23.3 Å². The maximum absolute atomic E-state index is 12.8. The summed E-state index contributed by atoms with van der Waals surface area (Å²) >= 11 is 1.39. The number of rotatable bonds is 4. The van der Waals surface area contributed by atoms with Crippen molar-refractivity contribution in [1.29, 1.82) is 0 Å². The van der Waals surface area contributed by atoms with E-state index in [4.69, 9.17) is 4.74 Å². The number of thiophene rings is 1. The molecule has 0 amide bonds. The van der Waals surface area contributed by atoms with Gasteiger partial charge in [0.05, 0.1) is 5.39 Å². The number of fused-ring (bicyclic) bond motifs is 1. The average Bonchev–Trinajstić information content (AvgIpc) is 3.03. The molecule has 28 heavy (non-hydrogen) atoms. The number of carbonyl (C=O) groups is 1. The number of aromatic nitrogens is 2. The van der Waals surface area contributed by atoms with Gasteiger partial charge in [0.1, 0.15) is 28.0 Å². The zero-order valence-corrected chi connectivity index (χ0v) is 17.4. The molecule has 146 valence electrons. The van der Waals surface area contributed by atoms with E-state index >= 15 is 0 Å². The highest BCUT2D eigenvalue weighted by atomic mass is 32.1. The lowest BCUT2D eigenvalue weighted by Gasteiger charge is -2.21. The summed E-state index contributed by atoms with van der Waals surface area (Å²) in [6.45, 7) is 6.10. The van der Waals surface area contributed by atoms with Crippen molar-refractivity contribution in [1.82, 2.24) is 9.97 Å². The van der Waals surface area contributed by atoms with Crippen molar-refractivity contribution < 1.29 is 9.53 Å². The third kappa shape index (κ3) is 3.74. The predicted molar refractivity (Wildman–Crippen MR) is 114 cm³/mol. The van der Waals surface area contributed by atoms with Gasteiger partial charge in [-0.15, -0.1) is 11.3 Å². The van der Waals surface area contributed by atoms with Crippen molar-refractivity contribution in [3.05, 3.63) is 46.1 Å². The van der Waals surface area contributed by atoms with Crippen LogP contribution in [-0.2, 0) is 4.74 Å². The molecule has 0 atom stereocenters. The molecule has 2 aromatic heterocycles. The normalized spacial score (nSPS) is 15.0. The molecule has 6 heteroatoms. The van der Waals surface area contributed by atoms with Crippen LogP contribution in [0.5, 0.6) is 0 Å². The van der Waals surface area contributed by atoms with Crippen LogP contribution in [0.3, 0.4) is 0 Å². The number of hydrogen-bond acceptors (Lipinski definition) is 6. The highest BCUT2D eigenvalue weighted by molar-refractivity contribution is 7.20. The Bertz CT molecular complexity index is 1020. The monoisotopic (exact) mass is 395 g/mol. The molecule has 1 aliphatic rings. The fraction of sp³-hybridized carbons (Fsp3) is 0.409. The third-order valence-corrected chi connectivity index (χ3v) is 6.55. The topological polar surface area (TPSA) is 64.1 Å². The van der Waals surface area contributed by atoms with E-state index in [1.807, 2.05) is 6.92 Å². The Morgan fingerprint density at radius 1 is 1.14 bits per heavy atom. The van der Waals surface area contributed by atoms with Crippen LogP contribution in [0.1, 0.15) is 58.5 Å². The van der Waals surface area contributed by atoms with Gasteiger partial charge in [0.25, 0.3) is 0 Å². The van der Waals surface area contributed by atoms with E-state index in [0.717, 1.165) is 58.5 Å². The largest absolute Gasteiger partial charge is 0.458 e. The minimum atomic E-state index is -0.232. The second-order valence-electron chi connectivity index (χ2n) is 7.57. The second kappa shape index (κ2) is 7.87. The van der Waals surface area contributed by atoms with Gasteiger partial charge in [-0.05, 0) is 63.6 Å². The van der Waals surface area contributed by atoms with E-state index in [9.17, 15) is 4.79 Å². The van der Waals surface area contributed by atoms with Crippen LogP contribution >= 0.6 is 11.3 Å². The summed E-state index contributed by atoms with van der Waals surface area (Å²) in [5.41, 5.74) is 4.25. The molecule has 2 heterocycles. The lowest BCUT2D eigenvalue weighted by molar-refractivity contribution is 0.0216. The fourth-order valence-corrected chi connectivity index (χ4v) is 4.86. The van der Waals surface area contributed by atoms with Crippen molar-refractivity contribution in [3.8, 4) is 0 Å². The van der Waals surface area contributed by atoms with Crippen molar-refractivity contribution in [2.24, 2.45) is 0 Å². The number of ether oxygens (including phenoxy) is 1. The van der Waals surface area contributed by atoms with Crippen molar-refractivity contribution in [3.63, 3.8) is 0 Å². The van der Waals surface area contributed by atoms with Gasteiger partial charge >= 0.3 is 5.97 Å². The summed E-state index contributed by atoms with van der Waals surface area (Å²) in [4.78, 5) is 23.1. The van der Waals surface area contributed by atoms with Gasteiger partial charge in [-0.25, -0.2) is 14.8 Å². The number of esters is 1. The van der Waals surface area contributed by atoms with Gasteiger partial charge in [0.15, 0.2) is 0 Å². The first-order valence-electron chi connectivity index (χ1n) is 9.82. The first-order valence-corrected chi connectivity index (χ1v) is 10.6. The number of anilines is 2. The third-order valence-electron chi connectivity index (χ3n) is 5.37. The van der Waals surface area contributed by atoms with Crippen molar-refractivity contribution in [2.75, 3.05) is 5.32 Å². The number of carbonyl (C=O) groups excluding carboxylic acids is 1. The van der Waals surface area contributed by atoms with Crippen LogP contribution in [0.4, 0.5) is 11.5 Å². The zero-order valence-electron chi connectivity index (χ0n) is 16.5. The molecule has 3 aromatic rings. The molecule has 1 N–H and O–H groups in total. The minimum absolute atomic E-state index is 0.0461. The number of benzene rings is 1. The van der Waals surface area contributed by atoms with E-state index in [1.54, 1.807) is 6.33 Å². The number of hydrogen-bond donors (Lipinski definition) is 1. The standard InChI is InChI=1S/C22H25N3O2S/c1-13-9-10-17(14(2)11-13)25-20-18-15(3)19(28-21(18)24-12-23-20)22(26)27-16-7-5-4-6-8-16/h9-12,16H,4-8H2,1-3H3,(H,23,24,25). The van der Waals surface area contributed by atoms with Crippen LogP contribution in [0.25, 0.3) is 10.2 Å². The molecule has 1 saturated carbocycles. The van der Waals surface area contributed by atoms with E-state index in [0.29, 0.717) is 4.88 Å². The van der Waals surface area contributed by atoms with Gasteiger partial charge in [0.2, 0.25) is 0 Å². The lowest BCUT2D eigenvalue weighted by Crippen LogP contribution is -2.20. The predicted octanol–water partition coefficient (Wildman–Crippen LogP) is 5.85. The van der Waals surface area contributed by atoms with Gasteiger partial charge in [-0.3, -0.25) is 0 Å². The Morgan fingerprint density at radius 3 is 2.68 bits per heavy atom. The molecule has 0 unspecified atom stereocenters. The van der Waals surface area contributed by atoms with Crippen molar-refractivity contribution in [2.45, 2.75) is 59.0 Å². The molecule has 0 radical (unpaired) electrons. The number of nitrogens with zero attached hydrogens (tertiary/aromatic N) is 2. The summed E-state index contributed by atoms with van der Waals surface area (Å²) in [6.07, 6.45) is 7.03. The summed E-state index contributed by atoms with van der Waals surface area (Å²) in [5, 5.41) is 4.31. The number of aryl methyl sites for hydroxylation is 3. The van der Waals surface area contributed by atoms with E-state index < -0.39 is 0 Å². The molecule has 0 saturated heterocycles. The Hall–Kier alpha value is -2.47. The molecular weight excluding hydrogens is 370 g/mol. The quantitative estimate of drug-likeness (QED) is 0.561. The first-order chi connectivity index (χ1) is 13.5. The molecule has 1 aromatic carbocycles. The average molecular weight is 396 g/mol. The molecule has 0 spiro atoms. The first kappa shape index (κ1) is 18.9. The maximum atomic E-state index is 12.8. The molecule has 5 nitrogen and oxygen atoms in total. The molecular formula is C22H25N3O2S. The lowest BCUT2D eigenvalue weighted by atomic mass is 9.98. The second-order valence-corrected chi connectivity index (χ2v) is 8.57. The van der Waals surface area contributed by atoms with Crippen LogP contribution < -0.4 is 5.32 Å². The van der Waals surface area contributed by atoms with Gasteiger partial charge in [0, 0.05) is 5.69 Å². The summed E-state index contributed by atoms with van der Waals surface area (Å²) in [6, 6.07) is 6.26. The molecule has 0 bridgehead atoms. The summed E-state index contributed by atoms with van der Waals surface area (Å²) in [5.74, 6) is 0.493. The molecule has 0 aliphatic heterocycles. The molecule has 1 aliphatic carbocycles. The van der Waals surface area contributed by atoms with Gasteiger partial charge in [-0.2, -0.15) is 0 Å². The number of nitrogens with one attached hydrogen (secondary N) is 1. The van der Waals surface area contributed by atoms with Gasteiger partial charge < -0.3 is 10.1 Å². The maximum Gasteiger partial charge on any atom is 0.348 e. The summed E-state index contributed by atoms with van der Waals surface area (Å²) < 4.78 is 5.78. The smallest absolute Gasteiger partial charge is 0.348 e. The summed E-state index contributed by atoms with van der Waals surface area (Å²) in [7, 11) is 0. The zero-order chi connectivity index (χ0) is 19.7. The van der Waals surface area contributed by atoms with Crippen LogP contribution in [0.2, 0.25) is 0 Å². The Kier molecular flexibility index (Phi) is 5.31. The van der Waals surface area contributed by atoms with Crippen LogP contribution in [-0.4, -0.2) is 22.0 Å². The Labute approximate surface area is 169 Å². The molecule has 4 rings (SSSR count). The van der Waals surface area contributed by atoms with Crippen LogP contribution in [0, 0.1) is 20.8 Å². The minimum Gasteiger partial charge on any atom is -0.458 e. The Balaban J connectivity index is 1.65. The SMILES string of the molecule is Cc1ccc(Nc2ncnc3sc(C(=O)OC4CCCCC4)c(C)c23)c(C)c1. The van der Waals surface area contributed by atoms with Crippen molar-refractivity contribution >= 4 is 39.0 Å². The highest BCUT2D eigenvalue weighted by Gasteiger charge is 2.24. The van der Waals surface area contributed by atoms with Gasteiger partial charge in [-0.1, -0.05) is 24.1 Å². The molecule has 1 fully saturated rings. The van der Waals surface area contributed by atoms with E-state index in [-0.39, 0.29) is 12.1 Å². The fourth-order valence-electron chi connectivity index (χ4n) is 3.83. The van der Waals surface area contributed by atoms with E-state index in [2.05, 4.69) is 47.3 Å².